The molecule has 4 heteroatoms. The van der Waals surface area contributed by atoms with Crippen LogP contribution >= 0.6 is 0 Å². The van der Waals surface area contributed by atoms with Gasteiger partial charge in [0.25, 0.3) is 0 Å². The Labute approximate surface area is 90.5 Å². The average Bonchev–Trinajstić information content (AvgIpc) is 2.91. The van der Waals surface area contributed by atoms with E-state index in [-0.39, 0.29) is 18.1 Å². The summed E-state index contributed by atoms with van der Waals surface area (Å²) in [5.74, 6) is 0.115. The Kier molecular flexibility index (Phi) is 3.59. The lowest BCUT2D eigenvalue weighted by Crippen LogP contribution is -2.33. The van der Waals surface area contributed by atoms with E-state index < -0.39 is 0 Å². The first-order valence-electron chi connectivity index (χ1n) is 5.92. The average molecular weight is 212 g/mol. The van der Waals surface area contributed by atoms with Crippen molar-refractivity contribution in [3.8, 4) is 0 Å². The van der Waals surface area contributed by atoms with Crippen LogP contribution in [0.2, 0.25) is 0 Å². The summed E-state index contributed by atoms with van der Waals surface area (Å²) in [6.45, 7) is 0.511. The maximum Gasteiger partial charge on any atom is 0.222 e. The number of carbonyl (C=O) groups is 1. The molecule has 2 fully saturated rings. The van der Waals surface area contributed by atoms with Gasteiger partial charge in [0.05, 0.1) is 12.7 Å². The summed E-state index contributed by atoms with van der Waals surface area (Å²) < 4.78 is 5.60. The zero-order valence-electron chi connectivity index (χ0n) is 9.08. The van der Waals surface area contributed by atoms with Gasteiger partial charge in [-0.05, 0) is 32.1 Å². The van der Waals surface area contributed by atoms with Crippen LogP contribution in [-0.2, 0) is 9.53 Å². The van der Waals surface area contributed by atoms with Crippen molar-refractivity contribution in [2.24, 2.45) is 5.73 Å². The van der Waals surface area contributed by atoms with E-state index in [4.69, 9.17) is 10.5 Å². The Bertz CT molecular complexity index is 229. The van der Waals surface area contributed by atoms with Gasteiger partial charge in [0.2, 0.25) is 5.91 Å². The van der Waals surface area contributed by atoms with E-state index in [0.29, 0.717) is 19.1 Å². The summed E-state index contributed by atoms with van der Waals surface area (Å²) >= 11 is 0. The lowest BCUT2D eigenvalue weighted by Gasteiger charge is -2.15. The van der Waals surface area contributed by atoms with Crippen LogP contribution < -0.4 is 11.1 Å². The molecule has 0 radical (unpaired) electrons. The van der Waals surface area contributed by atoms with Crippen molar-refractivity contribution in [3.05, 3.63) is 0 Å². The first kappa shape index (κ1) is 10.9. The summed E-state index contributed by atoms with van der Waals surface area (Å²) in [7, 11) is 0. The fourth-order valence-electron chi connectivity index (χ4n) is 1.99. The van der Waals surface area contributed by atoms with Crippen molar-refractivity contribution in [1.29, 1.82) is 0 Å². The Morgan fingerprint density at radius 2 is 2.13 bits per heavy atom. The van der Waals surface area contributed by atoms with Crippen LogP contribution in [0.25, 0.3) is 0 Å². The smallest absolute Gasteiger partial charge is 0.222 e. The first-order chi connectivity index (χ1) is 7.25. The minimum absolute atomic E-state index is 0.115. The van der Waals surface area contributed by atoms with Gasteiger partial charge in [0, 0.05) is 18.5 Å². The SMILES string of the molecule is NC1CCCC1OCCC(=O)NC1CC1. The van der Waals surface area contributed by atoms with Crippen LogP contribution in [0, 0.1) is 0 Å². The van der Waals surface area contributed by atoms with Gasteiger partial charge in [-0.2, -0.15) is 0 Å². The molecule has 0 aromatic carbocycles. The lowest BCUT2D eigenvalue weighted by molar-refractivity contribution is -0.122. The van der Waals surface area contributed by atoms with E-state index in [1.807, 2.05) is 0 Å². The topological polar surface area (TPSA) is 64.3 Å². The third-order valence-electron chi connectivity index (χ3n) is 3.11. The molecule has 2 saturated carbocycles. The molecule has 2 rings (SSSR count). The number of nitrogens with one attached hydrogen (secondary N) is 1. The van der Waals surface area contributed by atoms with Gasteiger partial charge in [-0.15, -0.1) is 0 Å². The van der Waals surface area contributed by atoms with E-state index in [9.17, 15) is 4.79 Å². The molecule has 0 heterocycles. The van der Waals surface area contributed by atoms with Crippen molar-refractivity contribution in [1.82, 2.24) is 5.32 Å². The molecule has 4 nitrogen and oxygen atoms in total. The molecule has 86 valence electrons. The van der Waals surface area contributed by atoms with Crippen LogP contribution in [0.3, 0.4) is 0 Å². The van der Waals surface area contributed by atoms with E-state index in [1.165, 1.54) is 0 Å². The normalized spacial score (nSPS) is 30.5. The quantitative estimate of drug-likeness (QED) is 0.699. The molecular weight excluding hydrogens is 192 g/mol. The van der Waals surface area contributed by atoms with Crippen molar-refractivity contribution < 1.29 is 9.53 Å². The summed E-state index contributed by atoms with van der Waals surface area (Å²) in [5.41, 5.74) is 5.86. The third-order valence-corrected chi connectivity index (χ3v) is 3.11. The molecule has 15 heavy (non-hydrogen) atoms. The molecule has 2 unspecified atom stereocenters. The van der Waals surface area contributed by atoms with Crippen molar-refractivity contribution in [2.45, 2.75) is 56.7 Å². The number of ether oxygens (including phenoxy) is 1. The van der Waals surface area contributed by atoms with Gasteiger partial charge in [0.1, 0.15) is 0 Å². The van der Waals surface area contributed by atoms with Crippen LogP contribution in [0.4, 0.5) is 0 Å². The molecule has 0 bridgehead atoms. The summed E-state index contributed by atoms with van der Waals surface area (Å²) in [5, 5.41) is 2.94. The summed E-state index contributed by atoms with van der Waals surface area (Å²) in [6, 6.07) is 0.628. The Morgan fingerprint density at radius 1 is 1.33 bits per heavy atom. The van der Waals surface area contributed by atoms with Gasteiger partial charge >= 0.3 is 0 Å². The highest BCUT2D eigenvalue weighted by Gasteiger charge is 2.25. The van der Waals surface area contributed by atoms with Gasteiger partial charge in [-0.25, -0.2) is 0 Å². The number of hydrogen-bond acceptors (Lipinski definition) is 3. The zero-order chi connectivity index (χ0) is 10.7. The standard InChI is InChI=1S/C11H20N2O2/c12-9-2-1-3-10(9)15-7-6-11(14)13-8-4-5-8/h8-10H,1-7,12H2,(H,13,14). The van der Waals surface area contributed by atoms with Crippen molar-refractivity contribution in [2.75, 3.05) is 6.61 Å². The van der Waals surface area contributed by atoms with E-state index >= 15 is 0 Å². The number of amides is 1. The van der Waals surface area contributed by atoms with Crippen molar-refractivity contribution >= 4 is 5.91 Å². The third kappa shape index (κ3) is 3.47. The fourth-order valence-corrected chi connectivity index (χ4v) is 1.99. The molecule has 3 N–H and O–H groups in total. The highest BCUT2D eigenvalue weighted by atomic mass is 16.5. The van der Waals surface area contributed by atoms with Gasteiger partial charge in [-0.3, -0.25) is 4.79 Å². The Hall–Kier alpha value is -0.610. The molecule has 1 amide bonds. The van der Waals surface area contributed by atoms with E-state index in [1.54, 1.807) is 0 Å². The zero-order valence-corrected chi connectivity index (χ0v) is 9.08. The lowest BCUT2D eigenvalue weighted by atomic mass is 10.2. The predicted octanol–water partition coefficient (Wildman–Crippen LogP) is 0.551. The van der Waals surface area contributed by atoms with E-state index in [2.05, 4.69) is 5.32 Å². The monoisotopic (exact) mass is 212 g/mol. The minimum atomic E-state index is 0.115. The number of nitrogens with two attached hydrogens (primary N) is 1. The number of carbonyl (C=O) groups excluding carboxylic acids is 1. The van der Waals surface area contributed by atoms with Crippen LogP contribution in [0.5, 0.6) is 0 Å². The Balaban J connectivity index is 1.55. The molecule has 0 aliphatic heterocycles. The largest absolute Gasteiger partial charge is 0.376 e. The van der Waals surface area contributed by atoms with Gasteiger partial charge in [-0.1, -0.05) is 0 Å². The predicted molar refractivity (Wildman–Crippen MR) is 57.3 cm³/mol. The van der Waals surface area contributed by atoms with Crippen LogP contribution in [0.15, 0.2) is 0 Å². The highest BCUT2D eigenvalue weighted by Crippen LogP contribution is 2.21. The van der Waals surface area contributed by atoms with Crippen molar-refractivity contribution in [3.63, 3.8) is 0 Å². The van der Waals surface area contributed by atoms with Gasteiger partial charge < -0.3 is 15.8 Å². The number of hydrogen-bond donors (Lipinski definition) is 2. The molecular formula is C11H20N2O2. The highest BCUT2D eigenvalue weighted by molar-refractivity contribution is 5.76. The van der Waals surface area contributed by atoms with Crippen LogP contribution in [-0.4, -0.2) is 30.7 Å². The maximum atomic E-state index is 11.3. The molecule has 2 atom stereocenters. The maximum absolute atomic E-state index is 11.3. The fraction of sp³-hybridized carbons (Fsp3) is 0.909. The first-order valence-corrected chi connectivity index (χ1v) is 5.92. The molecule has 2 aliphatic rings. The second-order valence-corrected chi connectivity index (χ2v) is 4.60. The van der Waals surface area contributed by atoms with Crippen LogP contribution in [0.1, 0.15) is 38.5 Å². The van der Waals surface area contributed by atoms with Gasteiger partial charge in [0.15, 0.2) is 0 Å². The molecule has 0 aromatic rings. The second-order valence-electron chi connectivity index (χ2n) is 4.60. The summed E-state index contributed by atoms with van der Waals surface area (Å²) in [4.78, 5) is 11.3. The molecule has 0 saturated heterocycles. The summed E-state index contributed by atoms with van der Waals surface area (Å²) in [6.07, 6.45) is 6.18. The second kappa shape index (κ2) is 4.94. The van der Waals surface area contributed by atoms with E-state index in [0.717, 1.165) is 32.1 Å². The molecule has 0 aromatic heterocycles. The molecule has 0 spiro atoms. The molecule has 2 aliphatic carbocycles. The Morgan fingerprint density at radius 3 is 2.73 bits per heavy atom. The minimum Gasteiger partial charge on any atom is -0.376 e. The number of rotatable bonds is 5.